The van der Waals surface area contributed by atoms with Crippen LogP contribution in [0.25, 0.3) is 0 Å². The molecule has 0 aliphatic heterocycles. The van der Waals surface area contributed by atoms with E-state index in [4.69, 9.17) is 15.3 Å². The van der Waals surface area contributed by atoms with E-state index in [1.54, 1.807) is 0 Å². The van der Waals surface area contributed by atoms with Crippen molar-refractivity contribution in [3.05, 3.63) is 17.7 Å². The molecule has 0 aromatic heterocycles. The van der Waals surface area contributed by atoms with Crippen LogP contribution in [0.2, 0.25) is 0 Å². The monoisotopic (exact) mass is 372 g/mol. The third kappa shape index (κ3) is 3.80. The average Bonchev–Trinajstić information content (AvgIpc) is 1.99. The smallest absolute Gasteiger partial charge is 0.867 e. The molecule has 0 unspecified atom stereocenters. The zero-order chi connectivity index (χ0) is 9.30. The van der Waals surface area contributed by atoms with Gasteiger partial charge in [-0.3, -0.25) is 0 Å². The van der Waals surface area contributed by atoms with Gasteiger partial charge in [0.15, 0.2) is 0 Å². The van der Waals surface area contributed by atoms with Crippen molar-refractivity contribution in [3.63, 3.8) is 0 Å². The predicted molar refractivity (Wildman–Crippen MR) is 36.2 cm³/mol. The van der Waals surface area contributed by atoms with E-state index < -0.39 is 23.2 Å². The van der Waals surface area contributed by atoms with E-state index >= 15 is 0 Å². The molecule has 1 rings (SSSR count). The summed E-state index contributed by atoms with van der Waals surface area (Å²) in [6, 6.07) is 1.56. The van der Waals surface area contributed by atoms with Crippen molar-refractivity contribution in [2.24, 2.45) is 0 Å². The van der Waals surface area contributed by atoms with E-state index in [1.807, 2.05) is 0 Å². The summed E-state index contributed by atoms with van der Waals surface area (Å²) in [4.78, 5) is 10.3. The van der Waals surface area contributed by atoms with Gasteiger partial charge in [-0.1, -0.05) is 0 Å². The van der Waals surface area contributed by atoms with Crippen LogP contribution in [0, 0.1) is 39.9 Å². The minimum absolute atomic E-state index is 0. The molecule has 0 saturated heterocycles. The molecule has 1 aromatic rings. The molecule has 0 aliphatic carbocycles. The topological polar surface area (TPSA) is 101 Å². The standard InChI is InChI=1S/C7H6O5.Gd.Sc/c8-4-1-3(7(11)12)2-5(9)6(4)10;;/h1-2,8-10H,(H,11,12);;/q;2*+3/p-1. The second-order valence-electron chi connectivity index (χ2n) is 2.15. The summed E-state index contributed by atoms with van der Waals surface area (Å²) in [6.07, 6.45) is 0. The summed E-state index contributed by atoms with van der Waals surface area (Å²) < 4.78 is 0. The number of hydrogen-bond donors (Lipinski definition) is 3. The molecule has 14 heavy (non-hydrogen) atoms. The number of carboxylic acid groups (broad SMARTS) is 1. The van der Waals surface area contributed by atoms with Gasteiger partial charge in [0.25, 0.3) is 0 Å². The molecule has 5 nitrogen and oxygen atoms in total. The van der Waals surface area contributed by atoms with Crippen LogP contribution in [0.3, 0.4) is 0 Å². The fraction of sp³-hybridized carbons (Fsp3) is 0. The quantitative estimate of drug-likeness (QED) is 0.638. The van der Waals surface area contributed by atoms with Crippen molar-refractivity contribution >= 4 is 5.97 Å². The van der Waals surface area contributed by atoms with Gasteiger partial charge in [-0.05, 0) is 17.9 Å². The summed E-state index contributed by atoms with van der Waals surface area (Å²) in [5.41, 5.74) is -0.329. The minimum atomic E-state index is -1.32. The van der Waals surface area contributed by atoms with E-state index in [9.17, 15) is 9.90 Å². The van der Waals surface area contributed by atoms with Crippen molar-refractivity contribution in [2.45, 2.75) is 0 Å². The molecular formula is C7H5GdO5Sc+5. The van der Waals surface area contributed by atoms with Crippen LogP contribution in [-0.4, -0.2) is 21.3 Å². The molecule has 7 heteroatoms. The van der Waals surface area contributed by atoms with Crippen LogP contribution in [0.1, 0.15) is 10.4 Å². The number of hydrogen-bond acceptors (Lipinski definition) is 4. The largest absolute Gasteiger partial charge is 3.00 e. The second-order valence-corrected chi connectivity index (χ2v) is 2.15. The number of rotatable bonds is 1. The molecule has 0 aliphatic rings. The van der Waals surface area contributed by atoms with Crippen LogP contribution in [0.4, 0.5) is 0 Å². The molecule has 69 valence electrons. The molecule has 1 aromatic carbocycles. The van der Waals surface area contributed by atoms with Gasteiger partial charge in [-0.25, -0.2) is 4.79 Å². The van der Waals surface area contributed by atoms with E-state index in [0.29, 0.717) is 0 Å². The van der Waals surface area contributed by atoms with Gasteiger partial charge in [0.1, 0.15) is 11.5 Å². The van der Waals surface area contributed by atoms with Gasteiger partial charge < -0.3 is 20.4 Å². The fourth-order valence-electron chi connectivity index (χ4n) is 0.722. The molecule has 0 saturated carbocycles. The number of aromatic hydroxyl groups is 2. The molecule has 0 spiro atoms. The summed E-state index contributed by atoms with van der Waals surface area (Å²) in [5, 5.41) is 36.6. The number of phenols is 2. The van der Waals surface area contributed by atoms with Gasteiger partial charge >= 0.3 is 71.8 Å². The number of phenolic OH excluding ortho intramolecular Hbond substituents is 2. The molecule has 0 amide bonds. The molecule has 0 heterocycles. The first-order valence-electron chi connectivity index (χ1n) is 2.98. The Morgan fingerprint density at radius 3 is 1.86 bits per heavy atom. The van der Waals surface area contributed by atoms with E-state index in [1.165, 1.54) is 0 Å². The van der Waals surface area contributed by atoms with Gasteiger partial charge in [0, 0.05) is 0 Å². The van der Waals surface area contributed by atoms with E-state index in [-0.39, 0.29) is 71.3 Å². The van der Waals surface area contributed by atoms with Crippen LogP contribution in [0.15, 0.2) is 12.1 Å². The average molecular weight is 371 g/mol. The first-order valence-corrected chi connectivity index (χ1v) is 2.98. The fourth-order valence-corrected chi connectivity index (χ4v) is 0.722. The van der Waals surface area contributed by atoms with Crippen molar-refractivity contribution in [1.82, 2.24) is 0 Å². The Morgan fingerprint density at radius 1 is 1.21 bits per heavy atom. The second kappa shape index (κ2) is 6.71. The molecule has 3 N–H and O–H groups in total. The van der Waals surface area contributed by atoms with Crippen molar-refractivity contribution in [1.29, 1.82) is 0 Å². The Bertz CT molecular complexity index is 318. The Kier molecular flexibility index (Phi) is 8.01. The number of carboxylic acids is 1. The van der Waals surface area contributed by atoms with Crippen LogP contribution < -0.4 is 5.11 Å². The Labute approximate surface area is 130 Å². The number of benzene rings is 1. The normalized spacial score (nSPS) is 8.29. The summed E-state index contributed by atoms with van der Waals surface area (Å²) >= 11 is 0. The van der Waals surface area contributed by atoms with Crippen LogP contribution >= 0.6 is 0 Å². The molecule has 0 fully saturated rings. The molecule has 0 atom stereocenters. The summed E-state index contributed by atoms with van der Waals surface area (Å²) in [6.45, 7) is 0. The third-order valence-corrected chi connectivity index (χ3v) is 1.30. The van der Waals surface area contributed by atoms with Gasteiger partial charge in [0.2, 0.25) is 0 Å². The number of carbonyl (C=O) groups is 1. The zero-order valence-electron chi connectivity index (χ0n) is 6.74. The molecular weight excluding hydrogens is 366 g/mol. The van der Waals surface area contributed by atoms with Gasteiger partial charge in [-0.2, -0.15) is 0 Å². The van der Waals surface area contributed by atoms with Crippen molar-refractivity contribution < 1.29 is 91.0 Å². The predicted octanol–water partition coefficient (Wildman–Crippen LogP) is -0.133. The maximum atomic E-state index is 10.7. The Balaban J connectivity index is 0. The van der Waals surface area contributed by atoms with E-state index in [2.05, 4.69) is 0 Å². The van der Waals surface area contributed by atoms with E-state index in [0.717, 1.165) is 12.1 Å². The van der Waals surface area contributed by atoms with Gasteiger partial charge in [-0.15, -0.1) is 0 Å². The first kappa shape index (κ1) is 16.7. The van der Waals surface area contributed by atoms with Crippen LogP contribution in [-0.2, 0) is 25.8 Å². The van der Waals surface area contributed by atoms with Crippen LogP contribution in [0.5, 0.6) is 17.2 Å². The Hall–Kier alpha value is 0.285. The SMILES string of the molecule is O=C(O)c1cc(O)c([O-])c(O)c1.[Gd+3].[Sc+3]. The van der Waals surface area contributed by atoms with Crippen molar-refractivity contribution in [3.8, 4) is 17.2 Å². The summed E-state index contributed by atoms with van der Waals surface area (Å²) in [7, 11) is 0. The number of aromatic carboxylic acids is 1. The van der Waals surface area contributed by atoms with Crippen molar-refractivity contribution in [2.75, 3.05) is 0 Å². The minimum Gasteiger partial charge on any atom is -0.867 e. The van der Waals surface area contributed by atoms with Gasteiger partial charge in [0.05, 0.1) is 5.56 Å². The summed E-state index contributed by atoms with van der Waals surface area (Å²) in [5.74, 6) is -3.83. The zero-order valence-corrected chi connectivity index (χ0v) is 10.8. The maximum absolute atomic E-state index is 10.7. The Morgan fingerprint density at radius 2 is 1.57 bits per heavy atom. The molecule has 0 bridgehead atoms. The molecule has 1 radical (unpaired) electrons. The maximum Gasteiger partial charge on any atom is 3.00 e. The third-order valence-electron chi connectivity index (χ3n) is 1.30. The first-order chi connectivity index (χ1) is 5.52.